The minimum Gasteiger partial charge on any atom is -0.426 e. The molecule has 4 rings (SSSR count). The number of β-amino-alcohol motifs (C(OH)–C–C–N with tert-alkyl or cyclic N) is 1. The van der Waals surface area contributed by atoms with Crippen molar-refractivity contribution in [1.82, 2.24) is 15.5 Å². The van der Waals surface area contributed by atoms with Crippen molar-refractivity contribution in [2.45, 2.75) is 96.9 Å². The van der Waals surface area contributed by atoms with E-state index in [1.807, 2.05) is 51.1 Å². The van der Waals surface area contributed by atoms with E-state index >= 15 is 0 Å². The minimum absolute atomic E-state index is 0.000259. The predicted molar refractivity (Wildman–Crippen MR) is 163 cm³/mol. The lowest BCUT2D eigenvalue weighted by atomic mass is 9.72. The van der Waals surface area contributed by atoms with Crippen LogP contribution in [0.2, 0.25) is 0 Å². The van der Waals surface area contributed by atoms with Crippen LogP contribution in [-0.4, -0.2) is 64.6 Å². The third-order valence-corrected chi connectivity index (χ3v) is 8.59. The number of ether oxygens (including phenoxy) is 1. The second-order valence-electron chi connectivity index (χ2n) is 13.1. The van der Waals surface area contributed by atoms with Gasteiger partial charge < -0.3 is 20.5 Å². The summed E-state index contributed by atoms with van der Waals surface area (Å²) in [6.07, 6.45) is 5.00. The van der Waals surface area contributed by atoms with Gasteiger partial charge in [0.2, 0.25) is 5.91 Å². The topological polar surface area (TPSA) is 108 Å². The van der Waals surface area contributed by atoms with Crippen molar-refractivity contribution in [2.75, 3.05) is 13.1 Å². The molecule has 8 nitrogen and oxygen atoms in total. The van der Waals surface area contributed by atoms with Crippen LogP contribution in [0.25, 0.3) is 0 Å². The number of esters is 1. The zero-order valence-electron chi connectivity index (χ0n) is 25.7. The van der Waals surface area contributed by atoms with Crippen molar-refractivity contribution < 1.29 is 24.2 Å². The molecule has 8 heteroatoms. The van der Waals surface area contributed by atoms with Gasteiger partial charge in [0.15, 0.2) is 0 Å². The highest BCUT2D eigenvalue weighted by molar-refractivity contribution is 5.96. The Balaban J connectivity index is 1.57. The average molecular weight is 578 g/mol. The Bertz CT molecular complexity index is 1240. The number of rotatable bonds is 9. The average Bonchev–Trinajstić information content (AvgIpc) is 2.92. The summed E-state index contributed by atoms with van der Waals surface area (Å²) in [4.78, 5) is 40.8. The van der Waals surface area contributed by atoms with Crippen LogP contribution in [0.1, 0.15) is 81.3 Å². The lowest BCUT2D eigenvalue weighted by molar-refractivity contribution is -0.133. The number of hydrogen-bond donors (Lipinski definition) is 3. The maximum atomic E-state index is 13.6. The van der Waals surface area contributed by atoms with E-state index < -0.39 is 18.1 Å². The fraction of sp³-hybridized carbons (Fsp3) is 0.559. The van der Waals surface area contributed by atoms with Crippen molar-refractivity contribution >= 4 is 17.8 Å². The number of amides is 2. The summed E-state index contributed by atoms with van der Waals surface area (Å²) in [5, 5.41) is 18.0. The molecule has 1 heterocycles. The Morgan fingerprint density at radius 3 is 2.38 bits per heavy atom. The third-order valence-electron chi connectivity index (χ3n) is 8.59. The highest BCUT2D eigenvalue weighted by Gasteiger charge is 2.41. The lowest BCUT2D eigenvalue weighted by Gasteiger charge is -2.47. The highest BCUT2D eigenvalue weighted by Crippen LogP contribution is 2.39. The van der Waals surface area contributed by atoms with Gasteiger partial charge in [-0.25, -0.2) is 0 Å². The maximum absolute atomic E-state index is 13.6. The number of carbonyl (C=O) groups is 3. The second-order valence-corrected chi connectivity index (χ2v) is 13.1. The smallest absolute Gasteiger partial charge is 0.308 e. The van der Waals surface area contributed by atoms with Gasteiger partial charge in [0.1, 0.15) is 5.75 Å². The van der Waals surface area contributed by atoms with E-state index in [1.54, 1.807) is 25.1 Å². The molecule has 5 atom stereocenters. The molecule has 0 bridgehead atoms. The number of aliphatic hydroxyl groups is 1. The third kappa shape index (κ3) is 8.42. The SMILES string of the molecule is CC(=O)Oc1cccc(C(=O)N[C@@H](Cc2ccccc2)[C@H](O)CN2C[C@H]3CCCC[C@H]3C[C@H]2C(=O)NC(C)(C)C)c1C. The monoisotopic (exact) mass is 577 g/mol. The molecule has 2 amide bonds. The van der Waals surface area contributed by atoms with E-state index in [4.69, 9.17) is 4.74 Å². The molecule has 228 valence electrons. The largest absolute Gasteiger partial charge is 0.426 e. The first-order valence-corrected chi connectivity index (χ1v) is 15.3. The molecule has 3 N–H and O–H groups in total. The van der Waals surface area contributed by atoms with Crippen LogP contribution >= 0.6 is 0 Å². The zero-order valence-corrected chi connectivity index (χ0v) is 25.7. The van der Waals surface area contributed by atoms with Crippen molar-refractivity contribution in [1.29, 1.82) is 0 Å². The number of fused-ring (bicyclic) bond motifs is 1. The van der Waals surface area contributed by atoms with Crippen molar-refractivity contribution in [3.05, 3.63) is 65.2 Å². The Kier molecular flexibility index (Phi) is 10.4. The van der Waals surface area contributed by atoms with Gasteiger partial charge in [-0.05, 0) is 76.5 Å². The number of aliphatic hydroxyl groups excluding tert-OH is 1. The van der Waals surface area contributed by atoms with Gasteiger partial charge in [0.25, 0.3) is 5.91 Å². The lowest BCUT2D eigenvalue weighted by Crippen LogP contribution is -2.60. The number of hydrogen-bond acceptors (Lipinski definition) is 6. The number of likely N-dealkylation sites (tertiary alicyclic amines) is 1. The van der Waals surface area contributed by atoms with Crippen LogP contribution in [0.4, 0.5) is 0 Å². The Morgan fingerprint density at radius 1 is 1.02 bits per heavy atom. The molecule has 1 saturated carbocycles. The predicted octanol–water partition coefficient (Wildman–Crippen LogP) is 4.42. The summed E-state index contributed by atoms with van der Waals surface area (Å²) in [5.41, 5.74) is 1.56. The zero-order chi connectivity index (χ0) is 30.4. The molecule has 2 aromatic carbocycles. The summed E-state index contributed by atoms with van der Waals surface area (Å²) >= 11 is 0. The summed E-state index contributed by atoms with van der Waals surface area (Å²) in [7, 11) is 0. The van der Waals surface area contributed by atoms with Crippen LogP contribution < -0.4 is 15.4 Å². The van der Waals surface area contributed by atoms with Crippen LogP contribution in [0.3, 0.4) is 0 Å². The Morgan fingerprint density at radius 2 is 1.71 bits per heavy atom. The highest BCUT2D eigenvalue weighted by atomic mass is 16.5. The van der Waals surface area contributed by atoms with Gasteiger partial charge >= 0.3 is 5.97 Å². The Hall–Kier alpha value is -3.23. The van der Waals surface area contributed by atoms with E-state index in [1.165, 1.54) is 19.8 Å². The van der Waals surface area contributed by atoms with Gasteiger partial charge in [-0.3, -0.25) is 19.3 Å². The minimum atomic E-state index is -0.920. The molecule has 2 aromatic rings. The molecule has 42 heavy (non-hydrogen) atoms. The van der Waals surface area contributed by atoms with Crippen LogP contribution in [0.5, 0.6) is 5.75 Å². The molecule has 0 radical (unpaired) electrons. The Labute approximate surface area is 250 Å². The summed E-state index contributed by atoms with van der Waals surface area (Å²) in [6, 6.07) is 13.9. The van der Waals surface area contributed by atoms with Gasteiger partial charge in [-0.1, -0.05) is 55.7 Å². The molecular weight excluding hydrogens is 530 g/mol. The molecule has 2 fully saturated rings. The first kappa shape index (κ1) is 31.7. The molecule has 1 saturated heterocycles. The number of piperidine rings is 1. The van der Waals surface area contributed by atoms with Gasteiger partial charge in [-0.15, -0.1) is 0 Å². The van der Waals surface area contributed by atoms with E-state index in [0.717, 1.165) is 31.4 Å². The van der Waals surface area contributed by atoms with E-state index in [2.05, 4.69) is 15.5 Å². The molecule has 2 aliphatic rings. The van der Waals surface area contributed by atoms with Crippen molar-refractivity contribution in [2.24, 2.45) is 11.8 Å². The maximum Gasteiger partial charge on any atom is 0.308 e. The fourth-order valence-electron chi connectivity index (χ4n) is 6.52. The van der Waals surface area contributed by atoms with Crippen LogP contribution in [0.15, 0.2) is 48.5 Å². The summed E-state index contributed by atoms with van der Waals surface area (Å²) < 4.78 is 5.28. The van der Waals surface area contributed by atoms with Gasteiger partial charge in [0.05, 0.1) is 18.2 Å². The first-order chi connectivity index (χ1) is 19.9. The van der Waals surface area contributed by atoms with Crippen LogP contribution in [0, 0.1) is 18.8 Å². The number of carbonyl (C=O) groups excluding carboxylic acids is 3. The molecule has 1 aliphatic carbocycles. The van der Waals surface area contributed by atoms with Crippen molar-refractivity contribution in [3.8, 4) is 5.75 Å². The fourth-order valence-corrected chi connectivity index (χ4v) is 6.52. The number of nitrogens with zero attached hydrogens (tertiary/aromatic N) is 1. The second kappa shape index (κ2) is 13.8. The quantitative estimate of drug-likeness (QED) is 0.301. The molecule has 0 aromatic heterocycles. The summed E-state index contributed by atoms with van der Waals surface area (Å²) in [6.45, 7) is 10.1. The number of nitrogens with one attached hydrogen (secondary N) is 2. The van der Waals surface area contributed by atoms with E-state index in [0.29, 0.717) is 35.1 Å². The summed E-state index contributed by atoms with van der Waals surface area (Å²) in [5.74, 6) is 0.557. The van der Waals surface area contributed by atoms with Gasteiger partial charge in [-0.2, -0.15) is 0 Å². The van der Waals surface area contributed by atoms with Crippen LogP contribution in [-0.2, 0) is 16.0 Å². The van der Waals surface area contributed by atoms with E-state index in [9.17, 15) is 19.5 Å². The van der Waals surface area contributed by atoms with E-state index in [-0.39, 0.29) is 29.9 Å². The molecule has 0 unspecified atom stereocenters. The normalized spacial score (nSPS) is 22.4. The van der Waals surface area contributed by atoms with Gasteiger partial charge in [0, 0.05) is 36.7 Å². The number of benzene rings is 2. The standard InChI is InChI=1S/C34H47N3O5/c1-22-27(16-11-17-31(22)42-23(2)38)32(40)35-28(18-24-12-7-6-8-13-24)30(39)21-37-20-26-15-10-9-14-25(26)19-29(37)33(41)36-34(3,4)5/h6-8,11-13,16-17,25-26,28-30,39H,9-10,14-15,18-21H2,1-5H3,(H,35,40)(H,36,41)/t25-,26+,28-,29-,30+/m0/s1. The molecule has 0 spiro atoms. The first-order valence-electron chi connectivity index (χ1n) is 15.3. The van der Waals surface area contributed by atoms with Crippen molar-refractivity contribution in [3.63, 3.8) is 0 Å². The molecular formula is C34H47N3O5. The molecule has 1 aliphatic heterocycles.